The minimum Gasteiger partial charge on any atom is -0.385 e. The van der Waals surface area contributed by atoms with Crippen molar-refractivity contribution in [2.24, 2.45) is 0 Å². The Kier molecular flexibility index (Phi) is 4.95. The molecule has 0 heterocycles. The van der Waals surface area contributed by atoms with Gasteiger partial charge in [-0.3, -0.25) is 0 Å². The van der Waals surface area contributed by atoms with Crippen LogP contribution >= 0.6 is 0 Å². The predicted molar refractivity (Wildman–Crippen MR) is 44.9 cm³/mol. The van der Waals surface area contributed by atoms with Gasteiger partial charge in [-0.05, 0) is 25.8 Å². The molecule has 1 nitrogen and oxygen atoms in total. The van der Waals surface area contributed by atoms with Crippen molar-refractivity contribution in [3.63, 3.8) is 0 Å². The van der Waals surface area contributed by atoms with Gasteiger partial charge in [-0.1, -0.05) is 25.2 Å². The Labute approximate surface area is 63.1 Å². The summed E-state index contributed by atoms with van der Waals surface area (Å²) in [6, 6.07) is 0. The maximum Gasteiger partial charge on any atom is 0.0929 e. The molecule has 0 radical (unpaired) electrons. The molecule has 0 saturated carbocycles. The Morgan fingerprint density at radius 2 is 2.20 bits per heavy atom. The lowest BCUT2D eigenvalue weighted by atomic mass is 10.1. The number of hydrogen-bond donors (Lipinski definition) is 1. The second-order valence-corrected chi connectivity index (χ2v) is 2.33. The molecule has 0 fully saturated rings. The zero-order valence-corrected chi connectivity index (χ0v) is 6.96. The summed E-state index contributed by atoms with van der Waals surface area (Å²) in [5, 5.41) is 9.29. The Hall–Kier alpha value is -0.560. The van der Waals surface area contributed by atoms with Gasteiger partial charge in [0.15, 0.2) is 0 Å². The first kappa shape index (κ1) is 9.44. The maximum absolute atomic E-state index is 9.29. The van der Waals surface area contributed by atoms with E-state index in [-0.39, 0.29) is 6.10 Å². The zero-order valence-electron chi connectivity index (χ0n) is 6.96. The van der Waals surface area contributed by atoms with E-state index >= 15 is 0 Å². The minimum atomic E-state index is -0.384. The molecule has 1 atom stereocenters. The van der Waals surface area contributed by atoms with Crippen LogP contribution in [0.15, 0.2) is 23.8 Å². The molecule has 0 bridgehead atoms. The van der Waals surface area contributed by atoms with Crippen LogP contribution in [0.25, 0.3) is 0 Å². The van der Waals surface area contributed by atoms with Gasteiger partial charge in [-0.25, -0.2) is 0 Å². The van der Waals surface area contributed by atoms with E-state index in [1.165, 1.54) is 0 Å². The van der Waals surface area contributed by atoms with Gasteiger partial charge in [0.05, 0.1) is 6.10 Å². The molecule has 58 valence electrons. The molecule has 0 aromatic rings. The average Bonchev–Trinajstić information content (AvgIpc) is 1.89. The Morgan fingerprint density at radius 1 is 1.60 bits per heavy atom. The highest BCUT2D eigenvalue weighted by molar-refractivity contribution is 5.11. The number of hydrogen-bond acceptors (Lipinski definition) is 1. The first-order valence-electron chi connectivity index (χ1n) is 3.69. The highest BCUT2D eigenvalue weighted by Crippen LogP contribution is 2.03. The quantitative estimate of drug-likeness (QED) is 0.596. The van der Waals surface area contributed by atoms with Crippen LogP contribution in [-0.2, 0) is 0 Å². The molecule has 1 heteroatoms. The molecule has 0 saturated heterocycles. The molecule has 0 spiro atoms. The maximum atomic E-state index is 9.29. The first-order chi connectivity index (χ1) is 4.72. The van der Waals surface area contributed by atoms with Gasteiger partial charge in [0.25, 0.3) is 0 Å². The third-order valence-electron chi connectivity index (χ3n) is 1.37. The normalized spacial score (nSPS) is 16.2. The zero-order chi connectivity index (χ0) is 7.98. The smallest absolute Gasteiger partial charge is 0.0929 e. The highest BCUT2D eigenvalue weighted by Gasteiger charge is 1.97. The molecular weight excluding hydrogens is 124 g/mol. The van der Waals surface area contributed by atoms with Gasteiger partial charge >= 0.3 is 0 Å². The van der Waals surface area contributed by atoms with Gasteiger partial charge in [0.2, 0.25) is 0 Å². The van der Waals surface area contributed by atoms with Crippen molar-refractivity contribution in [1.29, 1.82) is 0 Å². The van der Waals surface area contributed by atoms with Crippen molar-refractivity contribution in [2.75, 3.05) is 0 Å². The lowest BCUT2D eigenvalue weighted by Crippen LogP contribution is -2.02. The van der Waals surface area contributed by atoms with E-state index in [9.17, 15) is 5.11 Å². The van der Waals surface area contributed by atoms with Crippen molar-refractivity contribution >= 4 is 0 Å². The van der Waals surface area contributed by atoms with E-state index in [4.69, 9.17) is 0 Å². The first-order valence-corrected chi connectivity index (χ1v) is 3.69. The Balaban J connectivity index is 3.93. The summed E-state index contributed by atoms with van der Waals surface area (Å²) < 4.78 is 0. The molecule has 0 aromatic carbocycles. The predicted octanol–water partition coefficient (Wildman–Crippen LogP) is 2.28. The third kappa shape index (κ3) is 3.46. The molecule has 0 rings (SSSR count). The van der Waals surface area contributed by atoms with Gasteiger partial charge in [-0.15, -0.1) is 0 Å². The second kappa shape index (κ2) is 5.24. The van der Waals surface area contributed by atoms with Crippen molar-refractivity contribution in [3.8, 4) is 0 Å². The molecule has 0 aliphatic heterocycles. The van der Waals surface area contributed by atoms with Crippen LogP contribution in [0.5, 0.6) is 0 Å². The van der Waals surface area contributed by atoms with E-state index in [0.717, 1.165) is 12.0 Å². The average molecular weight is 140 g/mol. The molecule has 0 aromatic heterocycles. The van der Waals surface area contributed by atoms with Crippen molar-refractivity contribution < 1.29 is 5.11 Å². The lowest BCUT2D eigenvalue weighted by Gasteiger charge is -2.03. The SMILES string of the molecule is C/C=C\C(O)/C(C)=C/CC. The fraction of sp³-hybridized carbons (Fsp3) is 0.556. The fourth-order valence-corrected chi connectivity index (χ4v) is 0.777. The van der Waals surface area contributed by atoms with Crippen LogP contribution in [0.2, 0.25) is 0 Å². The van der Waals surface area contributed by atoms with Crippen LogP contribution in [0.3, 0.4) is 0 Å². The van der Waals surface area contributed by atoms with Crippen LogP contribution in [0.1, 0.15) is 27.2 Å². The summed E-state index contributed by atoms with van der Waals surface area (Å²) in [6.07, 6.45) is 6.27. The second-order valence-electron chi connectivity index (χ2n) is 2.33. The van der Waals surface area contributed by atoms with Gasteiger partial charge in [-0.2, -0.15) is 0 Å². The van der Waals surface area contributed by atoms with E-state index in [1.807, 2.05) is 26.0 Å². The van der Waals surface area contributed by atoms with Gasteiger partial charge in [0, 0.05) is 0 Å². The fourth-order valence-electron chi connectivity index (χ4n) is 0.777. The molecule has 0 amide bonds. The monoisotopic (exact) mass is 140 g/mol. The van der Waals surface area contributed by atoms with Gasteiger partial charge in [0.1, 0.15) is 0 Å². The largest absolute Gasteiger partial charge is 0.385 e. The summed E-state index contributed by atoms with van der Waals surface area (Å²) in [5.41, 5.74) is 1.03. The number of rotatable bonds is 3. The summed E-state index contributed by atoms with van der Waals surface area (Å²) in [5.74, 6) is 0. The van der Waals surface area contributed by atoms with Crippen LogP contribution in [0, 0.1) is 0 Å². The number of aliphatic hydroxyl groups excluding tert-OH is 1. The third-order valence-corrected chi connectivity index (χ3v) is 1.37. The lowest BCUT2D eigenvalue weighted by molar-refractivity contribution is 0.258. The number of aliphatic hydroxyl groups is 1. The van der Waals surface area contributed by atoms with E-state index in [0.29, 0.717) is 0 Å². The molecule has 0 aliphatic rings. The summed E-state index contributed by atoms with van der Waals surface area (Å²) in [6.45, 7) is 5.91. The summed E-state index contributed by atoms with van der Waals surface area (Å²) in [4.78, 5) is 0. The molecule has 1 N–H and O–H groups in total. The highest BCUT2D eigenvalue weighted by atomic mass is 16.3. The summed E-state index contributed by atoms with van der Waals surface area (Å²) >= 11 is 0. The van der Waals surface area contributed by atoms with Crippen molar-refractivity contribution in [3.05, 3.63) is 23.8 Å². The topological polar surface area (TPSA) is 20.2 Å². The molecule has 10 heavy (non-hydrogen) atoms. The summed E-state index contributed by atoms with van der Waals surface area (Å²) in [7, 11) is 0. The Bertz CT molecular complexity index is 134. The minimum absolute atomic E-state index is 0.384. The van der Waals surface area contributed by atoms with Crippen molar-refractivity contribution in [2.45, 2.75) is 33.3 Å². The van der Waals surface area contributed by atoms with Crippen LogP contribution < -0.4 is 0 Å². The van der Waals surface area contributed by atoms with Crippen LogP contribution in [-0.4, -0.2) is 11.2 Å². The van der Waals surface area contributed by atoms with Crippen molar-refractivity contribution in [1.82, 2.24) is 0 Å². The molecular formula is C9H16O. The van der Waals surface area contributed by atoms with Gasteiger partial charge < -0.3 is 5.11 Å². The van der Waals surface area contributed by atoms with E-state index in [1.54, 1.807) is 6.08 Å². The Morgan fingerprint density at radius 3 is 2.60 bits per heavy atom. The number of allylic oxidation sites excluding steroid dienone is 2. The molecule has 1 unspecified atom stereocenters. The van der Waals surface area contributed by atoms with E-state index < -0.39 is 0 Å². The standard InChI is InChI=1S/C9H16O/c1-4-6-8(3)9(10)7-5-2/h5-7,9-10H,4H2,1-3H3/b7-5-,8-6+. The van der Waals surface area contributed by atoms with E-state index in [2.05, 4.69) is 6.92 Å². The molecule has 0 aliphatic carbocycles. The van der Waals surface area contributed by atoms with Crippen LogP contribution in [0.4, 0.5) is 0 Å².